The van der Waals surface area contributed by atoms with Gasteiger partial charge in [0, 0.05) is 25.2 Å². The van der Waals surface area contributed by atoms with Crippen LogP contribution in [0.3, 0.4) is 0 Å². The first-order valence-electron chi connectivity index (χ1n) is 12.0. The smallest absolute Gasteiger partial charge is 0.279 e. The molecule has 3 aromatic rings. The molecule has 1 aromatic heterocycles. The molecule has 0 saturated heterocycles. The van der Waals surface area contributed by atoms with Crippen LogP contribution < -0.4 is 14.3 Å². The summed E-state index contributed by atoms with van der Waals surface area (Å²) < 4.78 is 41.8. The Kier molecular flexibility index (Phi) is 8.97. The molecule has 0 atom stereocenters. The number of sulfonamides is 1. The number of rotatable bonds is 10. The van der Waals surface area contributed by atoms with Gasteiger partial charge in [-0.3, -0.25) is 4.79 Å². The van der Waals surface area contributed by atoms with Crippen LogP contribution in [0.4, 0.5) is 0 Å². The number of carbonyl (C=O) groups is 1. The van der Waals surface area contributed by atoms with E-state index in [1.165, 1.54) is 39.9 Å². The maximum atomic E-state index is 13.3. The highest BCUT2D eigenvalue weighted by Gasteiger charge is 2.26. The van der Waals surface area contributed by atoms with Crippen molar-refractivity contribution in [3.05, 3.63) is 46.8 Å². The van der Waals surface area contributed by atoms with E-state index in [2.05, 4.69) is 4.99 Å². The van der Waals surface area contributed by atoms with Crippen molar-refractivity contribution in [2.24, 2.45) is 16.8 Å². The van der Waals surface area contributed by atoms with Gasteiger partial charge in [0.1, 0.15) is 21.7 Å². The van der Waals surface area contributed by atoms with Crippen LogP contribution in [0.2, 0.25) is 0 Å². The molecule has 10 heteroatoms. The Labute approximate surface area is 217 Å². The number of carbonyl (C=O) groups excluding carboxylic acids is 1. The van der Waals surface area contributed by atoms with Gasteiger partial charge in [0.25, 0.3) is 5.91 Å². The third-order valence-electron chi connectivity index (χ3n) is 5.58. The van der Waals surface area contributed by atoms with Crippen molar-refractivity contribution in [1.29, 1.82) is 0 Å². The van der Waals surface area contributed by atoms with Crippen molar-refractivity contribution in [2.75, 3.05) is 27.3 Å². The highest BCUT2D eigenvalue weighted by Crippen LogP contribution is 2.35. The second-order valence-electron chi connectivity index (χ2n) is 9.33. The van der Waals surface area contributed by atoms with Gasteiger partial charge in [0.15, 0.2) is 4.80 Å². The Morgan fingerprint density at radius 1 is 0.972 bits per heavy atom. The Morgan fingerprint density at radius 2 is 1.53 bits per heavy atom. The van der Waals surface area contributed by atoms with E-state index in [0.29, 0.717) is 41.5 Å². The summed E-state index contributed by atoms with van der Waals surface area (Å²) in [5.41, 5.74) is 1.12. The molecule has 1 heterocycles. The fourth-order valence-electron chi connectivity index (χ4n) is 3.99. The van der Waals surface area contributed by atoms with Crippen LogP contribution in [-0.4, -0.2) is 50.5 Å². The average Bonchev–Trinajstić information content (AvgIpc) is 3.20. The van der Waals surface area contributed by atoms with Gasteiger partial charge < -0.3 is 14.0 Å². The van der Waals surface area contributed by atoms with Crippen LogP contribution in [-0.2, 0) is 16.6 Å². The topological polar surface area (TPSA) is 90.2 Å². The number of ether oxygens (including phenoxy) is 2. The lowest BCUT2D eigenvalue weighted by molar-refractivity contribution is 0.0997. The molecule has 0 spiro atoms. The molecule has 0 aliphatic carbocycles. The lowest BCUT2D eigenvalue weighted by atomic mass is 10.2. The van der Waals surface area contributed by atoms with Gasteiger partial charge >= 0.3 is 0 Å². The van der Waals surface area contributed by atoms with E-state index in [4.69, 9.17) is 9.47 Å². The number of nitrogens with zero attached hydrogens (tertiary/aromatic N) is 3. The molecule has 0 radical (unpaired) electrons. The molecular formula is C26H35N3O5S2. The van der Waals surface area contributed by atoms with Crippen LogP contribution in [0.25, 0.3) is 10.2 Å². The zero-order valence-corrected chi connectivity index (χ0v) is 23.6. The first kappa shape index (κ1) is 27.9. The molecule has 0 aliphatic rings. The maximum Gasteiger partial charge on any atom is 0.279 e. The van der Waals surface area contributed by atoms with Crippen molar-refractivity contribution < 1.29 is 22.7 Å². The first-order valence-corrected chi connectivity index (χ1v) is 14.2. The van der Waals surface area contributed by atoms with Crippen LogP contribution in [0.5, 0.6) is 11.5 Å². The Hall–Kier alpha value is -2.69. The summed E-state index contributed by atoms with van der Waals surface area (Å²) in [7, 11) is -0.482. The summed E-state index contributed by atoms with van der Waals surface area (Å²) >= 11 is 1.34. The van der Waals surface area contributed by atoms with E-state index in [-0.39, 0.29) is 16.7 Å². The molecule has 8 nitrogen and oxygen atoms in total. The van der Waals surface area contributed by atoms with Gasteiger partial charge in [-0.1, -0.05) is 39.0 Å². The SMILES string of the molecule is CCn1c(=NC(=O)c2ccc(S(=O)(=O)N(CC(C)C)CC(C)C)cc2)sc2c(OC)ccc(OC)c21. The molecule has 3 rings (SSSR count). The Bertz CT molecular complexity index is 1380. The minimum atomic E-state index is -3.67. The van der Waals surface area contributed by atoms with E-state index >= 15 is 0 Å². The summed E-state index contributed by atoms with van der Waals surface area (Å²) in [5, 5.41) is 0. The molecule has 1 amide bonds. The van der Waals surface area contributed by atoms with Crippen LogP contribution in [0.1, 0.15) is 45.0 Å². The number of thiazole rings is 1. The standard InChI is InChI=1S/C26H35N3O5S2/c1-8-29-23-21(33-6)13-14-22(34-7)24(23)35-26(29)27-25(30)19-9-11-20(12-10-19)36(31,32)28(15-17(2)3)16-18(4)5/h9-14,17-18H,8,15-16H2,1-7H3. The van der Waals surface area contributed by atoms with E-state index in [1.54, 1.807) is 14.2 Å². The zero-order valence-electron chi connectivity index (χ0n) is 21.9. The lowest BCUT2D eigenvalue weighted by Crippen LogP contribution is -2.37. The largest absolute Gasteiger partial charge is 0.495 e. The fraction of sp³-hybridized carbons (Fsp3) is 0.462. The van der Waals surface area contributed by atoms with Gasteiger partial charge in [-0.25, -0.2) is 8.42 Å². The highest BCUT2D eigenvalue weighted by molar-refractivity contribution is 7.89. The zero-order chi connectivity index (χ0) is 26.6. The normalized spacial score (nSPS) is 12.8. The van der Waals surface area contributed by atoms with E-state index < -0.39 is 15.9 Å². The Morgan fingerprint density at radius 3 is 2.03 bits per heavy atom. The van der Waals surface area contributed by atoms with E-state index in [9.17, 15) is 13.2 Å². The molecule has 2 aromatic carbocycles. The maximum absolute atomic E-state index is 13.3. The number of aryl methyl sites for hydroxylation is 1. The summed E-state index contributed by atoms with van der Waals surface area (Å²) in [5.74, 6) is 1.28. The van der Waals surface area contributed by atoms with Crippen molar-refractivity contribution >= 4 is 37.5 Å². The van der Waals surface area contributed by atoms with Gasteiger partial charge in [-0.05, 0) is 55.2 Å². The van der Waals surface area contributed by atoms with E-state index in [0.717, 1.165) is 10.2 Å². The van der Waals surface area contributed by atoms with Crippen LogP contribution >= 0.6 is 11.3 Å². The third-order valence-corrected chi connectivity index (χ3v) is 8.52. The minimum Gasteiger partial charge on any atom is -0.495 e. The third kappa shape index (κ3) is 5.82. The number of benzene rings is 2. The number of amides is 1. The second-order valence-corrected chi connectivity index (χ2v) is 12.2. The summed E-state index contributed by atoms with van der Waals surface area (Å²) in [6.45, 7) is 11.4. The van der Waals surface area contributed by atoms with Gasteiger partial charge in [0.05, 0.1) is 19.1 Å². The number of aromatic nitrogens is 1. The number of hydrogen-bond donors (Lipinski definition) is 0. The summed E-state index contributed by atoms with van der Waals surface area (Å²) in [6.07, 6.45) is 0. The highest BCUT2D eigenvalue weighted by atomic mass is 32.2. The van der Waals surface area contributed by atoms with Gasteiger partial charge in [-0.2, -0.15) is 9.30 Å². The number of fused-ring (bicyclic) bond motifs is 1. The second kappa shape index (κ2) is 11.6. The van der Waals surface area contributed by atoms with Crippen molar-refractivity contribution in [2.45, 2.75) is 46.1 Å². The average molecular weight is 534 g/mol. The first-order chi connectivity index (χ1) is 17.0. The van der Waals surface area contributed by atoms with Gasteiger partial charge in [0.2, 0.25) is 10.0 Å². The predicted octanol–water partition coefficient (Wildman–Crippen LogP) is 4.78. The molecular weight excluding hydrogens is 498 g/mol. The summed E-state index contributed by atoms with van der Waals surface area (Å²) in [6, 6.07) is 9.66. The molecule has 0 aliphatic heterocycles. The Balaban J connectivity index is 2.00. The lowest BCUT2D eigenvalue weighted by Gasteiger charge is -2.25. The van der Waals surface area contributed by atoms with Crippen molar-refractivity contribution in [3.8, 4) is 11.5 Å². The monoisotopic (exact) mass is 533 g/mol. The van der Waals surface area contributed by atoms with E-state index in [1.807, 2.05) is 51.3 Å². The quantitative estimate of drug-likeness (QED) is 0.374. The van der Waals surface area contributed by atoms with Crippen molar-refractivity contribution in [1.82, 2.24) is 8.87 Å². The summed E-state index contributed by atoms with van der Waals surface area (Å²) in [4.78, 5) is 18.1. The number of hydrogen-bond acceptors (Lipinski definition) is 6. The van der Waals surface area contributed by atoms with Crippen LogP contribution in [0, 0.1) is 11.8 Å². The molecule has 0 saturated carbocycles. The molecule has 196 valence electrons. The molecule has 0 bridgehead atoms. The fourth-order valence-corrected chi connectivity index (χ4v) is 6.96. The molecule has 0 N–H and O–H groups in total. The van der Waals surface area contributed by atoms with Gasteiger partial charge in [-0.15, -0.1) is 0 Å². The van der Waals surface area contributed by atoms with Crippen LogP contribution in [0.15, 0.2) is 46.3 Å². The minimum absolute atomic E-state index is 0.167. The molecule has 0 unspecified atom stereocenters. The number of methoxy groups -OCH3 is 2. The molecule has 0 fully saturated rings. The van der Waals surface area contributed by atoms with Crippen molar-refractivity contribution in [3.63, 3.8) is 0 Å². The predicted molar refractivity (Wildman–Crippen MR) is 143 cm³/mol. The molecule has 36 heavy (non-hydrogen) atoms.